The lowest BCUT2D eigenvalue weighted by Crippen LogP contribution is -2.32. The highest BCUT2D eigenvalue weighted by atomic mass is 19.3. The van der Waals surface area contributed by atoms with Crippen molar-refractivity contribution in [3.05, 3.63) is 0 Å². The van der Waals surface area contributed by atoms with Crippen LogP contribution in [0.4, 0.5) is 8.78 Å². The largest absolute Gasteiger partial charge is 0.374 e. The molecule has 0 aromatic rings. The Morgan fingerprint density at radius 1 is 1.17 bits per heavy atom. The number of halogens is 2. The first kappa shape index (κ1) is 15.8. The predicted octanol–water partition coefficient (Wildman–Crippen LogP) is 3.46. The van der Waals surface area contributed by atoms with E-state index >= 15 is 0 Å². The second-order valence-corrected chi connectivity index (χ2v) is 5.63. The SMILES string of the molecule is CC(C)C1CCCC(NCCOCC(F)F)CC1. The molecular formula is C14H27F2NO. The standard InChI is InChI=1S/C14H27F2NO/c1-11(2)12-4-3-5-13(7-6-12)17-8-9-18-10-14(15)16/h11-14,17H,3-10H2,1-2H3. The van der Waals surface area contributed by atoms with E-state index in [2.05, 4.69) is 19.2 Å². The average Bonchev–Trinajstić information content (AvgIpc) is 2.53. The van der Waals surface area contributed by atoms with Crippen LogP contribution in [-0.2, 0) is 4.74 Å². The lowest BCUT2D eigenvalue weighted by atomic mass is 9.89. The molecule has 0 spiro atoms. The van der Waals surface area contributed by atoms with Gasteiger partial charge in [0.1, 0.15) is 6.61 Å². The molecular weight excluding hydrogens is 236 g/mol. The summed E-state index contributed by atoms with van der Waals surface area (Å²) < 4.78 is 28.6. The Morgan fingerprint density at radius 2 is 1.94 bits per heavy atom. The average molecular weight is 263 g/mol. The van der Waals surface area contributed by atoms with Gasteiger partial charge in [0.05, 0.1) is 6.61 Å². The van der Waals surface area contributed by atoms with Gasteiger partial charge in [-0.25, -0.2) is 8.78 Å². The molecule has 0 saturated heterocycles. The topological polar surface area (TPSA) is 21.3 Å². The Balaban J connectivity index is 2.08. The van der Waals surface area contributed by atoms with Crippen LogP contribution in [0.3, 0.4) is 0 Å². The van der Waals surface area contributed by atoms with Crippen LogP contribution in [0.25, 0.3) is 0 Å². The van der Waals surface area contributed by atoms with E-state index in [0.29, 0.717) is 19.2 Å². The number of rotatable bonds is 7. The van der Waals surface area contributed by atoms with Crippen molar-refractivity contribution < 1.29 is 13.5 Å². The highest BCUT2D eigenvalue weighted by molar-refractivity contribution is 4.76. The van der Waals surface area contributed by atoms with Crippen LogP contribution in [0.15, 0.2) is 0 Å². The van der Waals surface area contributed by atoms with E-state index < -0.39 is 13.0 Å². The third kappa shape index (κ3) is 6.64. The van der Waals surface area contributed by atoms with Crippen molar-refractivity contribution in [2.75, 3.05) is 19.8 Å². The van der Waals surface area contributed by atoms with Crippen LogP contribution < -0.4 is 5.32 Å². The Hall–Kier alpha value is -0.220. The van der Waals surface area contributed by atoms with Gasteiger partial charge in [0, 0.05) is 12.6 Å². The zero-order valence-corrected chi connectivity index (χ0v) is 11.6. The maximum Gasteiger partial charge on any atom is 0.261 e. The molecule has 0 aromatic heterocycles. The first-order chi connectivity index (χ1) is 8.59. The van der Waals surface area contributed by atoms with Gasteiger partial charge in [0.15, 0.2) is 0 Å². The summed E-state index contributed by atoms with van der Waals surface area (Å²) in [6, 6.07) is 0.545. The van der Waals surface area contributed by atoms with Crippen LogP contribution in [0.1, 0.15) is 46.0 Å². The number of alkyl halides is 2. The molecule has 1 saturated carbocycles. The molecule has 1 fully saturated rings. The highest BCUT2D eigenvalue weighted by Crippen LogP contribution is 2.28. The van der Waals surface area contributed by atoms with Crippen molar-refractivity contribution in [2.45, 2.75) is 58.4 Å². The molecule has 18 heavy (non-hydrogen) atoms. The molecule has 2 atom stereocenters. The lowest BCUT2D eigenvalue weighted by Gasteiger charge is -2.19. The van der Waals surface area contributed by atoms with E-state index in [-0.39, 0.29) is 0 Å². The van der Waals surface area contributed by atoms with Crippen molar-refractivity contribution >= 4 is 0 Å². The Bertz CT molecular complexity index is 212. The van der Waals surface area contributed by atoms with Gasteiger partial charge < -0.3 is 10.1 Å². The van der Waals surface area contributed by atoms with Crippen molar-refractivity contribution in [2.24, 2.45) is 11.8 Å². The van der Waals surface area contributed by atoms with Gasteiger partial charge in [-0.2, -0.15) is 0 Å². The first-order valence-electron chi connectivity index (χ1n) is 7.19. The summed E-state index contributed by atoms with van der Waals surface area (Å²) in [6.07, 6.45) is 3.95. The number of ether oxygens (including phenoxy) is 1. The van der Waals surface area contributed by atoms with Crippen LogP contribution in [0, 0.1) is 11.8 Å². The molecule has 0 aliphatic heterocycles. The molecule has 0 heterocycles. The van der Waals surface area contributed by atoms with Crippen LogP contribution >= 0.6 is 0 Å². The number of nitrogens with one attached hydrogen (secondary N) is 1. The molecule has 1 aliphatic carbocycles. The van der Waals surface area contributed by atoms with Crippen molar-refractivity contribution in [3.63, 3.8) is 0 Å². The minimum Gasteiger partial charge on any atom is -0.374 e. The smallest absolute Gasteiger partial charge is 0.261 e. The fourth-order valence-corrected chi connectivity index (χ4v) is 2.71. The van der Waals surface area contributed by atoms with E-state index in [1.165, 1.54) is 32.1 Å². The summed E-state index contributed by atoms with van der Waals surface area (Å²) in [7, 11) is 0. The fraction of sp³-hybridized carbons (Fsp3) is 1.00. The zero-order chi connectivity index (χ0) is 13.4. The van der Waals surface area contributed by atoms with Gasteiger partial charge in [-0.05, 0) is 31.1 Å². The normalized spacial score (nSPS) is 25.7. The van der Waals surface area contributed by atoms with Crippen molar-refractivity contribution in [1.29, 1.82) is 0 Å². The molecule has 0 aromatic carbocycles. The van der Waals surface area contributed by atoms with E-state index in [9.17, 15) is 8.78 Å². The summed E-state index contributed by atoms with van der Waals surface area (Å²) in [5.74, 6) is 1.63. The van der Waals surface area contributed by atoms with Gasteiger partial charge in [-0.3, -0.25) is 0 Å². The molecule has 1 N–H and O–H groups in total. The minimum absolute atomic E-state index is 0.383. The van der Waals surface area contributed by atoms with Crippen LogP contribution in [-0.4, -0.2) is 32.2 Å². The highest BCUT2D eigenvalue weighted by Gasteiger charge is 2.20. The second-order valence-electron chi connectivity index (χ2n) is 5.63. The van der Waals surface area contributed by atoms with Gasteiger partial charge in [-0.1, -0.05) is 26.7 Å². The maximum atomic E-state index is 11.8. The Labute approximate surface area is 109 Å². The third-order valence-electron chi connectivity index (χ3n) is 3.88. The van der Waals surface area contributed by atoms with Gasteiger partial charge in [-0.15, -0.1) is 0 Å². The molecule has 0 amide bonds. The fourth-order valence-electron chi connectivity index (χ4n) is 2.71. The number of hydrogen-bond acceptors (Lipinski definition) is 2. The van der Waals surface area contributed by atoms with E-state index in [1.807, 2.05) is 0 Å². The van der Waals surface area contributed by atoms with Crippen molar-refractivity contribution in [3.8, 4) is 0 Å². The van der Waals surface area contributed by atoms with E-state index in [0.717, 1.165) is 11.8 Å². The molecule has 2 unspecified atom stereocenters. The molecule has 0 bridgehead atoms. The lowest BCUT2D eigenvalue weighted by molar-refractivity contribution is 0.0181. The third-order valence-corrected chi connectivity index (χ3v) is 3.88. The molecule has 108 valence electrons. The summed E-state index contributed by atoms with van der Waals surface area (Å²) in [5, 5.41) is 3.42. The van der Waals surface area contributed by atoms with E-state index in [1.54, 1.807) is 0 Å². The van der Waals surface area contributed by atoms with Crippen molar-refractivity contribution in [1.82, 2.24) is 5.32 Å². The minimum atomic E-state index is -2.35. The number of hydrogen-bond donors (Lipinski definition) is 1. The van der Waals surface area contributed by atoms with Gasteiger partial charge >= 0.3 is 0 Å². The summed E-state index contributed by atoms with van der Waals surface area (Å²) in [6.45, 7) is 5.23. The van der Waals surface area contributed by atoms with E-state index in [4.69, 9.17) is 4.74 Å². The summed E-state index contributed by atoms with van der Waals surface area (Å²) >= 11 is 0. The molecule has 2 nitrogen and oxygen atoms in total. The van der Waals surface area contributed by atoms with Gasteiger partial charge in [0.2, 0.25) is 0 Å². The summed E-state index contributed by atoms with van der Waals surface area (Å²) in [4.78, 5) is 0. The first-order valence-corrected chi connectivity index (χ1v) is 7.19. The van der Waals surface area contributed by atoms with Crippen LogP contribution in [0.2, 0.25) is 0 Å². The Morgan fingerprint density at radius 3 is 2.61 bits per heavy atom. The molecule has 0 radical (unpaired) electrons. The maximum absolute atomic E-state index is 11.8. The van der Waals surface area contributed by atoms with Crippen LogP contribution in [0.5, 0.6) is 0 Å². The predicted molar refractivity (Wildman–Crippen MR) is 70.0 cm³/mol. The monoisotopic (exact) mass is 263 g/mol. The van der Waals surface area contributed by atoms with Gasteiger partial charge in [0.25, 0.3) is 6.43 Å². The Kier molecular flexibility index (Phi) is 7.75. The molecule has 1 rings (SSSR count). The zero-order valence-electron chi connectivity index (χ0n) is 11.6. The summed E-state index contributed by atoms with van der Waals surface area (Å²) in [5.41, 5.74) is 0. The second kappa shape index (κ2) is 8.81. The molecule has 1 aliphatic rings. The molecule has 4 heteroatoms. The quantitative estimate of drug-likeness (QED) is 0.561.